The minimum Gasteiger partial charge on any atom is -0.464 e. The Balaban J connectivity index is 1.32. The highest BCUT2D eigenvalue weighted by molar-refractivity contribution is 7.87. The number of hydrogen-bond donors (Lipinski definition) is 4. The van der Waals surface area contributed by atoms with Crippen LogP contribution in [0.5, 0.6) is 0 Å². The minimum atomic E-state index is -4.36. The van der Waals surface area contributed by atoms with Crippen molar-refractivity contribution in [1.29, 1.82) is 0 Å². The van der Waals surface area contributed by atoms with Gasteiger partial charge in [-0.15, -0.1) is 0 Å². The molecular weight excluding hydrogens is 603 g/mol. The fourth-order valence-electron chi connectivity index (χ4n) is 6.02. The van der Waals surface area contributed by atoms with E-state index >= 15 is 0 Å². The van der Waals surface area contributed by atoms with E-state index in [9.17, 15) is 36.8 Å². The van der Waals surface area contributed by atoms with Crippen molar-refractivity contribution in [2.45, 2.75) is 43.5 Å². The molecule has 0 radical (unpaired) electrons. The Morgan fingerprint density at radius 1 is 1.20 bits per heavy atom. The number of urea groups is 1. The van der Waals surface area contributed by atoms with Crippen molar-refractivity contribution < 1.29 is 46.6 Å². The van der Waals surface area contributed by atoms with Gasteiger partial charge in [-0.25, -0.2) is 23.5 Å². The zero-order valence-corrected chi connectivity index (χ0v) is 24.4. The van der Waals surface area contributed by atoms with Gasteiger partial charge in [0.25, 0.3) is 0 Å². The van der Waals surface area contributed by atoms with Crippen LogP contribution in [0.3, 0.4) is 0 Å². The van der Waals surface area contributed by atoms with Crippen molar-refractivity contribution in [3.63, 3.8) is 0 Å². The molecule has 0 bridgehead atoms. The smallest absolute Gasteiger partial charge is 0.419 e. The molecule has 2 fully saturated rings. The summed E-state index contributed by atoms with van der Waals surface area (Å²) >= 11 is 0. The number of ether oxygens (including phenoxy) is 1. The lowest BCUT2D eigenvalue weighted by Gasteiger charge is -2.31. The van der Waals surface area contributed by atoms with Crippen molar-refractivity contribution in [2.75, 3.05) is 33.2 Å². The average molecular weight is 635 g/mol. The van der Waals surface area contributed by atoms with Gasteiger partial charge < -0.3 is 25.4 Å². The maximum absolute atomic E-state index is 13.7. The van der Waals surface area contributed by atoms with Gasteiger partial charge in [-0.05, 0) is 37.0 Å². The number of carboxylic acid groups (broad SMARTS) is 1. The first-order valence-corrected chi connectivity index (χ1v) is 15.2. The van der Waals surface area contributed by atoms with Gasteiger partial charge in [-0.3, -0.25) is 14.5 Å². The second-order valence-electron chi connectivity index (χ2n) is 10.9. The number of halogens is 1. The molecule has 2 aliphatic heterocycles. The number of nitrogens with zero attached hydrogens (tertiary/aromatic N) is 3. The van der Waals surface area contributed by atoms with Crippen LogP contribution in [0.25, 0.3) is 0 Å². The van der Waals surface area contributed by atoms with Crippen molar-refractivity contribution in [3.8, 4) is 0 Å². The Morgan fingerprint density at radius 2 is 1.93 bits per heavy atom. The molecule has 4 N–H and O–H groups in total. The fraction of sp³-hybridized carbons (Fsp3) is 0.444. The predicted molar refractivity (Wildman–Crippen MR) is 150 cm³/mol. The molecule has 2 saturated heterocycles. The third-order valence-corrected chi connectivity index (χ3v) is 9.61. The van der Waals surface area contributed by atoms with E-state index in [0.29, 0.717) is 29.6 Å². The van der Waals surface area contributed by atoms with Gasteiger partial charge in [0.2, 0.25) is 5.91 Å². The van der Waals surface area contributed by atoms with Crippen molar-refractivity contribution >= 4 is 40.1 Å². The lowest BCUT2D eigenvalue weighted by atomic mass is 9.89. The van der Waals surface area contributed by atoms with Crippen LogP contribution in [-0.4, -0.2) is 108 Å². The topological polar surface area (TPSA) is 195 Å². The number of rotatable bonds is 8. The molecule has 0 aromatic heterocycles. The second kappa shape index (κ2) is 11.9. The summed E-state index contributed by atoms with van der Waals surface area (Å²) in [4.78, 5) is 65.2. The lowest BCUT2D eigenvalue weighted by molar-refractivity contribution is -0.134. The van der Waals surface area contributed by atoms with Crippen LogP contribution in [0.15, 0.2) is 47.6 Å². The number of Topliss-reactive ketones (excluding diaryl/α,β-unsaturated/α-hetero) is 1. The van der Waals surface area contributed by atoms with Crippen LogP contribution in [0, 0.1) is 5.82 Å². The molecule has 236 valence electrons. The molecule has 1 aromatic carbocycles. The van der Waals surface area contributed by atoms with Crippen LogP contribution in [-0.2, 0) is 31.1 Å². The zero-order valence-electron chi connectivity index (χ0n) is 23.6. The maximum atomic E-state index is 13.7. The van der Waals surface area contributed by atoms with Crippen molar-refractivity contribution in [3.05, 3.63) is 58.9 Å². The summed E-state index contributed by atoms with van der Waals surface area (Å²) in [5, 5.41) is 13.8. The van der Waals surface area contributed by atoms with Gasteiger partial charge >= 0.3 is 28.4 Å². The number of carbonyl (C=O) groups is 5. The highest BCUT2D eigenvalue weighted by Gasteiger charge is 2.53. The van der Waals surface area contributed by atoms with Crippen LogP contribution in [0.2, 0.25) is 0 Å². The van der Waals surface area contributed by atoms with E-state index in [1.807, 2.05) is 0 Å². The predicted octanol–water partition coefficient (Wildman–Crippen LogP) is 0.459. The highest BCUT2D eigenvalue weighted by atomic mass is 32.2. The fourth-order valence-corrected chi connectivity index (χ4v) is 7.09. The Labute approximate surface area is 251 Å². The number of carbonyl (C=O) groups excluding carboxylic acids is 4. The SMILES string of the molecule is CNC(=O)NC1C=CC2=C(CC[C@]23CN(CC(=O)N(Cc2ccc(F)cc2)[C@@H]2CCN(S(=O)(=O)NC(=O)O)C2)C(=O)O3)C1=O. The molecule has 2 heterocycles. The van der Waals surface area contributed by atoms with Crippen LogP contribution < -0.4 is 15.4 Å². The maximum Gasteiger partial charge on any atom is 0.419 e. The second-order valence-corrected chi connectivity index (χ2v) is 12.6. The number of nitrogens with one attached hydrogen (secondary N) is 3. The van der Waals surface area contributed by atoms with E-state index in [0.717, 1.165) is 4.31 Å². The van der Waals surface area contributed by atoms with E-state index in [-0.39, 0.29) is 38.4 Å². The van der Waals surface area contributed by atoms with Crippen LogP contribution >= 0.6 is 0 Å². The summed E-state index contributed by atoms with van der Waals surface area (Å²) < 4.78 is 46.6. The van der Waals surface area contributed by atoms with Gasteiger partial charge in [0.15, 0.2) is 11.4 Å². The molecule has 5 amide bonds. The van der Waals surface area contributed by atoms with Crippen LogP contribution in [0.1, 0.15) is 24.8 Å². The Bertz CT molecular complexity index is 1560. The van der Waals surface area contributed by atoms with Gasteiger partial charge in [0.1, 0.15) is 18.4 Å². The van der Waals surface area contributed by atoms with Gasteiger partial charge in [-0.1, -0.05) is 24.3 Å². The number of fused-ring (bicyclic) bond motifs is 1. The first kappa shape index (κ1) is 30.9. The monoisotopic (exact) mass is 634 g/mol. The molecule has 44 heavy (non-hydrogen) atoms. The first-order chi connectivity index (χ1) is 20.8. The summed E-state index contributed by atoms with van der Waals surface area (Å²) in [7, 11) is -2.93. The van der Waals surface area contributed by atoms with E-state index < -0.39 is 64.4 Å². The molecule has 0 saturated carbocycles. The number of amides is 5. The Kier molecular flexibility index (Phi) is 8.35. The summed E-state index contributed by atoms with van der Waals surface area (Å²) in [6.07, 6.45) is 1.48. The molecule has 1 spiro atoms. The van der Waals surface area contributed by atoms with Crippen molar-refractivity contribution in [2.24, 2.45) is 0 Å². The molecule has 1 aromatic rings. The molecule has 17 heteroatoms. The first-order valence-electron chi connectivity index (χ1n) is 13.8. The molecular formula is C27H31FN6O9S. The molecule has 15 nitrogen and oxygen atoms in total. The van der Waals surface area contributed by atoms with E-state index in [4.69, 9.17) is 9.84 Å². The molecule has 1 unspecified atom stereocenters. The van der Waals surface area contributed by atoms with Crippen LogP contribution in [0.4, 0.5) is 18.8 Å². The number of hydrogen-bond acceptors (Lipinski definition) is 8. The van der Waals surface area contributed by atoms with E-state index in [1.54, 1.807) is 6.08 Å². The van der Waals surface area contributed by atoms with Gasteiger partial charge in [0.05, 0.1) is 6.54 Å². The quantitative estimate of drug-likeness (QED) is 0.314. The number of benzene rings is 1. The minimum absolute atomic E-state index is 0.0142. The zero-order chi connectivity index (χ0) is 31.8. The lowest BCUT2D eigenvalue weighted by Crippen LogP contribution is -2.48. The normalized spacial score (nSPS) is 24.8. The molecule has 4 aliphatic rings. The van der Waals surface area contributed by atoms with E-state index in [1.165, 1.54) is 51.9 Å². The summed E-state index contributed by atoms with van der Waals surface area (Å²) in [6.45, 7) is -0.704. The van der Waals surface area contributed by atoms with Gasteiger partial charge in [0, 0.05) is 43.9 Å². The summed E-state index contributed by atoms with van der Waals surface area (Å²) in [6, 6.07) is 3.36. The summed E-state index contributed by atoms with van der Waals surface area (Å²) in [5.74, 6) is -1.32. The Hall–Kier alpha value is -4.51. The van der Waals surface area contributed by atoms with Gasteiger partial charge in [-0.2, -0.15) is 12.7 Å². The number of ketones is 1. The third-order valence-electron chi connectivity index (χ3n) is 8.17. The Morgan fingerprint density at radius 3 is 2.61 bits per heavy atom. The average Bonchev–Trinajstić information content (AvgIpc) is 3.67. The van der Waals surface area contributed by atoms with Crippen molar-refractivity contribution in [1.82, 2.24) is 29.5 Å². The summed E-state index contributed by atoms with van der Waals surface area (Å²) in [5.41, 5.74) is 0.363. The molecule has 3 atom stereocenters. The largest absolute Gasteiger partial charge is 0.464 e. The standard InChI is InChI=1S/C27H31FN6O9S/c1-29-24(37)30-21-7-6-20-19(23(21)36)8-10-27(20)15-32(26(40)43-27)14-22(35)34(12-16-2-4-17(28)5-3-16)18-9-11-33(13-18)44(41,42)31-25(38)39/h2-7,18,21,31H,8-15H2,1H3,(H,38,39)(H2,29,30,37)/t18-,21?,27+/m1/s1. The third kappa shape index (κ3) is 6.10. The molecule has 2 aliphatic carbocycles. The van der Waals surface area contributed by atoms with E-state index in [2.05, 4.69) is 10.6 Å². The molecule has 5 rings (SSSR count). The highest BCUT2D eigenvalue weighted by Crippen LogP contribution is 2.45.